The van der Waals surface area contributed by atoms with Gasteiger partial charge >= 0.3 is 5.97 Å². The van der Waals surface area contributed by atoms with Crippen molar-refractivity contribution in [2.24, 2.45) is 46.3 Å². The van der Waals surface area contributed by atoms with Crippen molar-refractivity contribution in [3.05, 3.63) is 60.8 Å². The number of aliphatic hydroxyl groups excluding tert-OH is 2. The van der Waals surface area contributed by atoms with E-state index in [0.717, 1.165) is 103 Å². The van der Waals surface area contributed by atoms with Gasteiger partial charge < -0.3 is 26.0 Å². The van der Waals surface area contributed by atoms with Crippen molar-refractivity contribution >= 4 is 17.8 Å². The fourth-order valence-electron chi connectivity index (χ4n) is 11.8. The Hall–Kier alpha value is -2.97. The van der Waals surface area contributed by atoms with Crippen molar-refractivity contribution in [3.63, 3.8) is 0 Å². The summed E-state index contributed by atoms with van der Waals surface area (Å²) in [7, 11) is 0. The number of carboxylic acid groups (broad SMARTS) is 1. The maximum Gasteiger partial charge on any atom is 0.326 e. The maximum atomic E-state index is 13.0. The lowest BCUT2D eigenvalue weighted by atomic mass is 9.43. The summed E-state index contributed by atoms with van der Waals surface area (Å²) < 4.78 is 0. The highest BCUT2D eigenvalue weighted by molar-refractivity contribution is 5.83. The number of rotatable bonds is 24. The van der Waals surface area contributed by atoms with Crippen molar-refractivity contribution < 1.29 is 29.7 Å². The molecule has 4 fully saturated rings. The standard InChI is InChI=1S/C50H80N2O6/c1-5-6-7-8-9-10-11-12-13-14-15-16-17-18-19-20-21-25-45(55)51-34-23-22-24-43(48(57)58)52-46(56)29-26-37(2)40-27-28-41-47-42(31-33-50(40,41)4)49(3)32-30-39(53)35-38(49)36-44(47)54/h6-7,9-10,12-13,15-16,18-19,37-44,47,53-54H,5,8,11,14,17,20-36H2,1-4H3,(H,51,55)(H,52,56)(H,57,58)/t37-,38+,39-,40?,41+,42+,43?,44-,47+,49+,50-/m1/s1. The number of fused-ring (bicyclic) bond motifs is 5. The molecule has 5 N–H and O–H groups in total. The molecule has 2 amide bonds. The summed E-state index contributed by atoms with van der Waals surface area (Å²) in [6.07, 6.45) is 39.0. The molecule has 0 heterocycles. The number of allylic oxidation sites excluding steroid dienone is 10. The van der Waals surface area contributed by atoms with E-state index in [-0.39, 0.29) is 34.9 Å². The third-order valence-electron chi connectivity index (χ3n) is 15.0. The number of nitrogens with one attached hydrogen (secondary N) is 2. The lowest BCUT2D eigenvalue weighted by Crippen LogP contribution is -2.58. The minimum atomic E-state index is -1.02. The molecule has 4 saturated carbocycles. The summed E-state index contributed by atoms with van der Waals surface area (Å²) in [6.45, 7) is 9.81. The first-order valence-corrected chi connectivity index (χ1v) is 23.3. The number of carbonyl (C=O) groups excluding carboxylic acids is 2. The first-order chi connectivity index (χ1) is 27.9. The maximum absolute atomic E-state index is 13.0. The zero-order valence-electron chi connectivity index (χ0n) is 36.6. The molecule has 0 aromatic heterocycles. The molecular weight excluding hydrogens is 725 g/mol. The minimum absolute atomic E-state index is 0.0165. The summed E-state index contributed by atoms with van der Waals surface area (Å²) in [6, 6.07) is -0.926. The van der Waals surface area contributed by atoms with Crippen molar-refractivity contribution in [2.45, 2.75) is 181 Å². The summed E-state index contributed by atoms with van der Waals surface area (Å²) >= 11 is 0. The molecule has 0 bridgehead atoms. The third kappa shape index (κ3) is 13.8. The molecule has 8 nitrogen and oxygen atoms in total. The minimum Gasteiger partial charge on any atom is -0.480 e. The van der Waals surface area contributed by atoms with Gasteiger partial charge in [-0.3, -0.25) is 9.59 Å². The van der Waals surface area contributed by atoms with E-state index < -0.39 is 12.0 Å². The molecule has 2 unspecified atom stereocenters. The predicted octanol–water partition coefficient (Wildman–Crippen LogP) is 10.2. The second kappa shape index (κ2) is 24.3. The van der Waals surface area contributed by atoms with Crippen molar-refractivity contribution in [2.75, 3.05) is 6.54 Å². The predicted molar refractivity (Wildman–Crippen MR) is 236 cm³/mol. The monoisotopic (exact) mass is 805 g/mol. The SMILES string of the molecule is CCC=CCC=CCC=CCC=CCC=CCCCC(=O)NCCCCC(NC(=O)CC[C@@H](C)C1CC[C@H]2[C@@H]3[C@H](O)C[C@@H]4C[C@H](O)CC[C@]4(C)[C@H]3CC[C@]12C)C(=O)O. The fraction of sp³-hybridized carbons (Fsp3) is 0.740. The van der Waals surface area contributed by atoms with Crippen LogP contribution in [0.1, 0.15) is 163 Å². The van der Waals surface area contributed by atoms with Gasteiger partial charge in [-0.25, -0.2) is 4.79 Å². The number of amides is 2. The van der Waals surface area contributed by atoms with Crippen LogP contribution in [0.3, 0.4) is 0 Å². The average molecular weight is 805 g/mol. The van der Waals surface area contributed by atoms with Crippen LogP contribution in [0.2, 0.25) is 0 Å². The molecule has 0 aliphatic heterocycles. The Labute approximate surface area is 351 Å². The van der Waals surface area contributed by atoms with Gasteiger partial charge in [-0.05, 0) is 168 Å². The highest BCUT2D eigenvalue weighted by Crippen LogP contribution is 2.68. The first kappa shape index (κ1) is 47.7. The van der Waals surface area contributed by atoms with Crippen LogP contribution in [0.15, 0.2) is 60.8 Å². The molecule has 11 atom stereocenters. The molecule has 0 spiro atoms. The quantitative estimate of drug-likeness (QED) is 0.0487. The molecule has 0 radical (unpaired) electrons. The number of hydrogen-bond donors (Lipinski definition) is 5. The number of carboxylic acids is 1. The molecule has 326 valence electrons. The van der Waals surface area contributed by atoms with Crippen LogP contribution in [0.25, 0.3) is 0 Å². The Kier molecular flexibility index (Phi) is 20.0. The van der Waals surface area contributed by atoms with Gasteiger partial charge in [-0.15, -0.1) is 0 Å². The molecule has 4 rings (SSSR count). The van der Waals surface area contributed by atoms with Gasteiger partial charge in [0.1, 0.15) is 6.04 Å². The lowest BCUT2D eigenvalue weighted by Gasteiger charge is -2.62. The number of aliphatic carboxylic acids is 1. The first-order valence-electron chi connectivity index (χ1n) is 23.3. The van der Waals surface area contributed by atoms with E-state index in [9.17, 15) is 29.7 Å². The molecular formula is C50H80N2O6. The molecule has 4 aliphatic rings. The summed E-state index contributed by atoms with van der Waals surface area (Å²) in [4.78, 5) is 37.4. The molecule has 58 heavy (non-hydrogen) atoms. The van der Waals surface area contributed by atoms with E-state index in [1.54, 1.807) is 0 Å². The molecule has 8 heteroatoms. The molecule has 4 aliphatic carbocycles. The summed E-state index contributed by atoms with van der Waals surface area (Å²) in [5.74, 6) is 1.35. The van der Waals surface area contributed by atoms with Crippen LogP contribution in [0.5, 0.6) is 0 Å². The molecule has 0 aromatic rings. The van der Waals surface area contributed by atoms with E-state index in [0.29, 0.717) is 74.2 Å². The Balaban J connectivity index is 1.06. The normalized spacial score (nSPS) is 32.1. The smallest absolute Gasteiger partial charge is 0.326 e. The third-order valence-corrected chi connectivity index (χ3v) is 15.0. The largest absolute Gasteiger partial charge is 0.480 e. The highest BCUT2D eigenvalue weighted by Gasteiger charge is 2.62. The second-order valence-electron chi connectivity index (χ2n) is 18.9. The van der Waals surface area contributed by atoms with Crippen molar-refractivity contribution in [1.29, 1.82) is 0 Å². The number of aliphatic hydroxyl groups is 2. The van der Waals surface area contributed by atoms with Crippen LogP contribution >= 0.6 is 0 Å². The van der Waals surface area contributed by atoms with Crippen molar-refractivity contribution in [3.8, 4) is 0 Å². The van der Waals surface area contributed by atoms with Gasteiger partial charge in [0.25, 0.3) is 0 Å². The van der Waals surface area contributed by atoms with Crippen LogP contribution in [0.4, 0.5) is 0 Å². The van der Waals surface area contributed by atoms with E-state index in [1.165, 1.54) is 0 Å². The number of unbranched alkanes of at least 4 members (excludes halogenated alkanes) is 2. The highest BCUT2D eigenvalue weighted by atomic mass is 16.4. The van der Waals surface area contributed by atoms with Gasteiger partial charge in [0.2, 0.25) is 11.8 Å². The molecule has 0 aromatic carbocycles. The van der Waals surface area contributed by atoms with Gasteiger partial charge in [-0.2, -0.15) is 0 Å². The topological polar surface area (TPSA) is 136 Å². The number of carbonyl (C=O) groups is 3. The van der Waals surface area contributed by atoms with Crippen LogP contribution in [-0.2, 0) is 14.4 Å². The fourth-order valence-corrected chi connectivity index (χ4v) is 11.8. The van der Waals surface area contributed by atoms with E-state index in [4.69, 9.17) is 0 Å². The zero-order chi connectivity index (χ0) is 42.0. The molecule has 0 saturated heterocycles. The van der Waals surface area contributed by atoms with Gasteiger partial charge in [0.05, 0.1) is 12.2 Å². The van der Waals surface area contributed by atoms with E-state index >= 15 is 0 Å². The van der Waals surface area contributed by atoms with Gasteiger partial charge in [-0.1, -0.05) is 88.5 Å². The van der Waals surface area contributed by atoms with E-state index in [2.05, 4.69) is 99.1 Å². The van der Waals surface area contributed by atoms with Crippen molar-refractivity contribution in [1.82, 2.24) is 10.6 Å². The van der Waals surface area contributed by atoms with E-state index in [1.807, 2.05) is 0 Å². The number of hydrogen-bond acceptors (Lipinski definition) is 5. The van der Waals surface area contributed by atoms with Gasteiger partial charge in [0.15, 0.2) is 0 Å². The summed E-state index contributed by atoms with van der Waals surface area (Å²) in [5.41, 5.74) is 0.351. The van der Waals surface area contributed by atoms with Crippen LogP contribution < -0.4 is 10.6 Å². The Morgan fingerprint density at radius 2 is 1.33 bits per heavy atom. The average Bonchev–Trinajstić information content (AvgIpc) is 3.55. The lowest BCUT2D eigenvalue weighted by molar-refractivity contribution is -0.174. The second-order valence-corrected chi connectivity index (χ2v) is 18.9. The van der Waals surface area contributed by atoms with Gasteiger partial charge in [0, 0.05) is 19.4 Å². The summed E-state index contributed by atoms with van der Waals surface area (Å²) in [5, 5.41) is 37.5. The van der Waals surface area contributed by atoms with Crippen LogP contribution in [-0.4, -0.2) is 57.9 Å². The van der Waals surface area contributed by atoms with Crippen LogP contribution in [0, 0.1) is 46.3 Å². The Morgan fingerprint density at radius 1 is 0.707 bits per heavy atom. The zero-order valence-corrected chi connectivity index (χ0v) is 36.6. The Bertz CT molecular complexity index is 1430. The Morgan fingerprint density at radius 3 is 1.98 bits per heavy atom.